The van der Waals surface area contributed by atoms with Crippen molar-refractivity contribution in [3.05, 3.63) is 72.3 Å². The van der Waals surface area contributed by atoms with Gasteiger partial charge in [0.05, 0.1) is 13.1 Å². The van der Waals surface area contributed by atoms with Gasteiger partial charge in [-0.15, -0.1) is 0 Å². The predicted molar refractivity (Wildman–Crippen MR) is 80.5 cm³/mol. The Kier molecular flexibility index (Phi) is 3.54. The second kappa shape index (κ2) is 5.65. The minimum atomic E-state index is 0.781. The highest BCUT2D eigenvalue weighted by Gasteiger charge is 2.03. The molecule has 3 aromatic rings. The second-order valence-corrected chi connectivity index (χ2v) is 4.82. The van der Waals surface area contributed by atoms with Gasteiger partial charge >= 0.3 is 0 Å². The van der Waals surface area contributed by atoms with Crippen LogP contribution in [0.1, 0.15) is 11.3 Å². The van der Waals surface area contributed by atoms with E-state index in [0.29, 0.717) is 0 Å². The van der Waals surface area contributed by atoms with Crippen molar-refractivity contribution in [2.24, 2.45) is 7.05 Å². The molecular weight excluding hydrogens is 248 g/mol. The van der Waals surface area contributed by atoms with E-state index in [0.717, 1.165) is 18.8 Å². The molecule has 0 radical (unpaired) electrons. The van der Waals surface area contributed by atoms with Crippen LogP contribution in [0.5, 0.6) is 0 Å². The predicted octanol–water partition coefficient (Wildman–Crippen LogP) is 2.88. The van der Waals surface area contributed by atoms with Gasteiger partial charge in [-0.25, -0.2) is 0 Å². The Balaban J connectivity index is 1.74. The first-order valence-electron chi connectivity index (χ1n) is 6.72. The van der Waals surface area contributed by atoms with Crippen molar-refractivity contribution >= 4 is 5.69 Å². The van der Waals surface area contributed by atoms with Crippen LogP contribution in [0.15, 0.2) is 61.1 Å². The van der Waals surface area contributed by atoms with E-state index in [9.17, 15) is 0 Å². The molecule has 0 fully saturated rings. The van der Waals surface area contributed by atoms with E-state index in [1.807, 2.05) is 16.9 Å². The highest BCUT2D eigenvalue weighted by atomic mass is 15.3. The van der Waals surface area contributed by atoms with Gasteiger partial charge in [-0.1, -0.05) is 18.2 Å². The first-order valence-corrected chi connectivity index (χ1v) is 6.72. The number of hydrogen-bond acceptors (Lipinski definition) is 2. The van der Waals surface area contributed by atoms with Crippen LogP contribution in [0, 0.1) is 0 Å². The van der Waals surface area contributed by atoms with Gasteiger partial charge in [0.2, 0.25) is 0 Å². The molecule has 0 bridgehead atoms. The maximum Gasteiger partial charge on any atom is 0.0679 e. The summed E-state index contributed by atoms with van der Waals surface area (Å²) in [5.41, 5.74) is 3.66. The molecule has 0 aliphatic heterocycles. The van der Waals surface area contributed by atoms with Crippen molar-refractivity contribution in [1.29, 1.82) is 0 Å². The van der Waals surface area contributed by atoms with Crippen LogP contribution in [0.4, 0.5) is 5.69 Å². The van der Waals surface area contributed by atoms with Crippen LogP contribution in [0.3, 0.4) is 0 Å². The number of hydrogen-bond donors (Lipinski definition) is 1. The van der Waals surface area contributed by atoms with Gasteiger partial charge in [-0.05, 0) is 29.8 Å². The summed E-state index contributed by atoms with van der Waals surface area (Å²) in [4.78, 5) is 0. The van der Waals surface area contributed by atoms with Gasteiger partial charge in [-0.3, -0.25) is 4.68 Å². The fourth-order valence-corrected chi connectivity index (χ4v) is 2.27. The molecule has 0 aliphatic rings. The van der Waals surface area contributed by atoms with Crippen molar-refractivity contribution < 1.29 is 0 Å². The largest absolute Gasteiger partial charge is 0.379 e. The van der Waals surface area contributed by atoms with Crippen molar-refractivity contribution in [2.75, 3.05) is 5.32 Å². The second-order valence-electron chi connectivity index (χ2n) is 4.82. The average molecular weight is 266 g/mol. The number of benzene rings is 1. The zero-order chi connectivity index (χ0) is 13.8. The van der Waals surface area contributed by atoms with E-state index in [1.165, 1.54) is 11.3 Å². The summed E-state index contributed by atoms with van der Waals surface area (Å²) in [7, 11) is 2.06. The van der Waals surface area contributed by atoms with Crippen LogP contribution in [-0.2, 0) is 20.1 Å². The number of nitrogens with one attached hydrogen (secondary N) is 1. The lowest BCUT2D eigenvalue weighted by Gasteiger charge is -2.12. The Labute approximate surface area is 118 Å². The van der Waals surface area contributed by atoms with Gasteiger partial charge in [0.25, 0.3) is 0 Å². The van der Waals surface area contributed by atoms with Gasteiger partial charge in [-0.2, -0.15) is 5.10 Å². The highest BCUT2D eigenvalue weighted by Crippen LogP contribution is 2.17. The van der Waals surface area contributed by atoms with E-state index in [4.69, 9.17) is 0 Å². The van der Waals surface area contributed by atoms with E-state index >= 15 is 0 Å². The lowest BCUT2D eigenvalue weighted by molar-refractivity contribution is 0.687. The molecule has 2 heterocycles. The van der Waals surface area contributed by atoms with Crippen LogP contribution >= 0.6 is 0 Å². The average Bonchev–Trinajstić information content (AvgIpc) is 3.10. The van der Waals surface area contributed by atoms with Crippen LogP contribution in [-0.4, -0.2) is 14.3 Å². The normalized spacial score (nSPS) is 10.7. The Morgan fingerprint density at radius 3 is 2.70 bits per heavy atom. The molecule has 4 nitrogen and oxygen atoms in total. The molecule has 1 N–H and O–H groups in total. The van der Waals surface area contributed by atoms with Gasteiger partial charge in [0.15, 0.2) is 0 Å². The zero-order valence-corrected chi connectivity index (χ0v) is 11.5. The molecule has 0 saturated heterocycles. The molecule has 0 aliphatic carbocycles. The molecule has 1 aromatic carbocycles. The minimum Gasteiger partial charge on any atom is -0.379 e. The topological polar surface area (TPSA) is 34.8 Å². The molecule has 4 heteroatoms. The Bertz CT molecular complexity index is 667. The molecule has 0 spiro atoms. The third-order valence-electron chi connectivity index (χ3n) is 3.42. The fraction of sp³-hybridized carbons (Fsp3) is 0.188. The SMILES string of the molecule is Cn1cccc1CNc1ccccc1Cn1cccn1. The van der Waals surface area contributed by atoms with Crippen molar-refractivity contribution in [1.82, 2.24) is 14.3 Å². The summed E-state index contributed by atoms with van der Waals surface area (Å²) in [6, 6.07) is 14.5. The smallest absolute Gasteiger partial charge is 0.0679 e. The number of para-hydroxylation sites is 1. The Hall–Kier alpha value is -2.49. The van der Waals surface area contributed by atoms with Gasteiger partial charge in [0, 0.05) is 37.0 Å². The van der Waals surface area contributed by atoms with Gasteiger partial charge < -0.3 is 9.88 Å². The first-order chi connectivity index (χ1) is 9.83. The lowest BCUT2D eigenvalue weighted by Crippen LogP contribution is -2.08. The zero-order valence-electron chi connectivity index (χ0n) is 11.5. The maximum atomic E-state index is 4.26. The lowest BCUT2D eigenvalue weighted by atomic mass is 10.1. The third kappa shape index (κ3) is 2.74. The maximum absolute atomic E-state index is 4.26. The summed E-state index contributed by atoms with van der Waals surface area (Å²) in [5.74, 6) is 0. The number of anilines is 1. The quantitative estimate of drug-likeness (QED) is 0.770. The van der Waals surface area contributed by atoms with Crippen LogP contribution < -0.4 is 5.32 Å². The number of aromatic nitrogens is 3. The molecule has 2 aromatic heterocycles. The Morgan fingerprint density at radius 2 is 1.95 bits per heavy atom. The van der Waals surface area contributed by atoms with E-state index < -0.39 is 0 Å². The minimum absolute atomic E-state index is 0.781. The molecule has 102 valence electrons. The summed E-state index contributed by atoms with van der Waals surface area (Å²) in [5, 5.41) is 7.77. The third-order valence-corrected chi connectivity index (χ3v) is 3.42. The standard InChI is InChI=1S/C16H18N4/c1-19-10-4-7-15(19)12-17-16-8-3-2-6-14(16)13-20-11-5-9-18-20/h2-11,17H,12-13H2,1H3. The molecule has 20 heavy (non-hydrogen) atoms. The highest BCUT2D eigenvalue weighted by molar-refractivity contribution is 5.51. The van der Waals surface area contributed by atoms with E-state index in [2.05, 4.69) is 64.6 Å². The Morgan fingerprint density at radius 1 is 1.05 bits per heavy atom. The first kappa shape index (κ1) is 12.5. The number of nitrogens with zero attached hydrogens (tertiary/aromatic N) is 3. The molecule has 3 rings (SSSR count). The molecular formula is C16H18N4. The van der Waals surface area contributed by atoms with E-state index in [-0.39, 0.29) is 0 Å². The summed E-state index contributed by atoms with van der Waals surface area (Å²) >= 11 is 0. The van der Waals surface area contributed by atoms with Crippen molar-refractivity contribution in [3.63, 3.8) is 0 Å². The summed E-state index contributed by atoms with van der Waals surface area (Å²) in [6.07, 6.45) is 5.85. The number of rotatable bonds is 5. The molecule has 0 saturated carbocycles. The van der Waals surface area contributed by atoms with Crippen LogP contribution in [0.2, 0.25) is 0 Å². The monoisotopic (exact) mass is 266 g/mol. The summed E-state index contributed by atoms with van der Waals surface area (Å²) in [6.45, 7) is 1.60. The fourth-order valence-electron chi connectivity index (χ4n) is 2.27. The van der Waals surface area contributed by atoms with Crippen molar-refractivity contribution in [2.45, 2.75) is 13.1 Å². The summed E-state index contributed by atoms with van der Waals surface area (Å²) < 4.78 is 4.06. The van der Waals surface area contributed by atoms with E-state index in [1.54, 1.807) is 6.20 Å². The number of aryl methyl sites for hydroxylation is 1. The molecule has 0 atom stereocenters. The van der Waals surface area contributed by atoms with Gasteiger partial charge in [0.1, 0.15) is 0 Å². The molecule has 0 amide bonds. The van der Waals surface area contributed by atoms with Crippen molar-refractivity contribution in [3.8, 4) is 0 Å². The molecule has 0 unspecified atom stereocenters. The van der Waals surface area contributed by atoms with Crippen LogP contribution in [0.25, 0.3) is 0 Å².